The minimum Gasteiger partial charge on any atom is -0.425 e. The third-order valence-corrected chi connectivity index (χ3v) is 4.02. The van der Waals surface area contributed by atoms with Gasteiger partial charge in [-0.15, -0.1) is 10.2 Å². The van der Waals surface area contributed by atoms with Crippen molar-refractivity contribution in [3.63, 3.8) is 0 Å². The second-order valence-corrected chi connectivity index (χ2v) is 6.23. The average molecular weight is 389 g/mol. The number of hydrogen-bond acceptors (Lipinski definition) is 4. The zero-order chi connectivity index (χ0) is 20.0. The summed E-state index contributed by atoms with van der Waals surface area (Å²) in [6, 6.07) is 14.5. The smallest absolute Gasteiger partial charge is 0.416 e. The molecule has 0 saturated carbocycles. The van der Waals surface area contributed by atoms with E-state index < -0.39 is 11.7 Å². The first kappa shape index (κ1) is 19.6. The molecule has 0 radical (unpaired) electrons. The third-order valence-electron chi connectivity index (χ3n) is 4.02. The van der Waals surface area contributed by atoms with Gasteiger partial charge in [0.15, 0.2) is 0 Å². The van der Waals surface area contributed by atoms with Gasteiger partial charge >= 0.3 is 6.18 Å². The minimum atomic E-state index is -4.40. The van der Waals surface area contributed by atoms with E-state index in [2.05, 4.69) is 15.5 Å². The van der Waals surface area contributed by atoms with Gasteiger partial charge in [0.2, 0.25) is 17.7 Å². The first-order valence-electron chi connectivity index (χ1n) is 8.68. The van der Waals surface area contributed by atoms with Crippen molar-refractivity contribution >= 4 is 5.91 Å². The second-order valence-electron chi connectivity index (χ2n) is 6.23. The number of aromatic nitrogens is 2. The fourth-order valence-electron chi connectivity index (χ4n) is 2.60. The van der Waals surface area contributed by atoms with E-state index in [0.29, 0.717) is 12.1 Å². The molecule has 8 heteroatoms. The van der Waals surface area contributed by atoms with Crippen LogP contribution in [0.25, 0.3) is 0 Å². The number of aryl methyl sites for hydroxylation is 1. The highest BCUT2D eigenvalue weighted by molar-refractivity contribution is 5.76. The number of benzene rings is 2. The SMILES string of the molecule is O=C(CCc1nnc(Cc2cccc(C(F)(F)F)c2)o1)NCc1ccccc1. The van der Waals surface area contributed by atoms with Crippen LogP contribution in [0.1, 0.15) is 34.9 Å². The van der Waals surface area contributed by atoms with Crippen molar-refractivity contribution in [2.24, 2.45) is 0 Å². The summed E-state index contributed by atoms with van der Waals surface area (Å²) < 4.78 is 43.7. The van der Waals surface area contributed by atoms with E-state index in [4.69, 9.17) is 4.42 Å². The topological polar surface area (TPSA) is 68.0 Å². The zero-order valence-electron chi connectivity index (χ0n) is 14.9. The van der Waals surface area contributed by atoms with Gasteiger partial charge in [0, 0.05) is 19.4 Å². The Morgan fingerprint density at radius 1 is 0.964 bits per heavy atom. The summed E-state index contributed by atoms with van der Waals surface area (Å²) in [5.74, 6) is 0.331. The summed E-state index contributed by atoms with van der Waals surface area (Å²) in [4.78, 5) is 11.9. The Hall–Kier alpha value is -3.16. The van der Waals surface area contributed by atoms with Crippen LogP contribution < -0.4 is 5.32 Å². The summed E-state index contributed by atoms with van der Waals surface area (Å²) in [6.45, 7) is 0.435. The van der Waals surface area contributed by atoms with Gasteiger partial charge in [-0.25, -0.2) is 0 Å². The van der Waals surface area contributed by atoms with Crippen LogP contribution in [0, 0.1) is 0 Å². The van der Waals surface area contributed by atoms with E-state index in [1.165, 1.54) is 6.07 Å². The molecule has 0 spiro atoms. The normalized spacial score (nSPS) is 11.4. The van der Waals surface area contributed by atoms with Crippen LogP contribution in [-0.4, -0.2) is 16.1 Å². The molecular formula is C20H18F3N3O2. The van der Waals surface area contributed by atoms with Crippen molar-refractivity contribution < 1.29 is 22.4 Å². The molecular weight excluding hydrogens is 371 g/mol. The summed E-state index contributed by atoms with van der Waals surface area (Å²) in [5.41, 5.74) is 0.697. The van der Waals surface area contributed by atoms with Crippen molar-refractivity contribution in [2.45, 2.75) is 32.0 Å². The number of hydrogen-bond donors (Lipinski definition) is 1. The Morgan fingerprint density at radius 3 is 2.43 bits per heavy atom. The van der Waals surface area contributed by atoms with E-state index >= 15 is 0 Å². The Bertz CT molecular complexity index is 924. The second kappa shape index (κ2) is 8.69. The molecule has 1 heterocycles. The number of nitrogens with one attached hydrogen (secondary N) is 1. The van der Waals surface area contributed by atoms with Crippen LogP contribution in [0.4, 0.5) is 13.2 Å². The van der Waals surface area contributed by atoms with Gasteiger partial charge in [-0.3, -0.25) is 4.79 Å². The maximum absolute atomic E-state index is 12.8. The summed E-state index contributed by atoms with van der Waals surface area (Å²) >= 11 is 0. The van der Waals surface area contributed by atoms with Crippen LogP contribution in [0.15, 0.2) is 59.0 Å². The number of nitrogens with zero attached hydrogens (tertiary/aromatic N) is 2. The van der Waals surface area contributed by atoms with E-state index in [9.17, 15) is 18.0 Å². The molecule has 5 nitrogen and oxygen atoms in total. The quantitative estimate of drug-likeness (QED) is 0.665. The lowest BCUT2D eigenvalue weighted by molar-refractivity contribution is -0.137. The molecule has 1 amide bonds. The van der Waals surface area contributed by atoms with Crippen molar-refractivity contribution in [3.05, 3.63) is 83.1 Å². The highest BCUT2D eigenvalue weighted by atomic mass is 19.4. The molecule has 0 fully saturated rings. The lowest BCUT2D eigenvalue weighted by Gasteiger charge is -2.07. The molecule has 0 atom stereocenters. The largest absolute Gasteiger partial charge is 0.425 e. The summed E-state index contributed by atoms with van der Waals surface area (Å²) in [6.07, 6.45) is -3.87. The van der Waals surface area contributed by atoms with Crippen molar-refractivity contribution in [1.29, 1.82) is 0 Å². The number of rotatable bonds is 7. The first-order valence-corrected chi connectivity index (χ1v) is 8.68. The molecule has 1 aromatic heterocycles. The molecule has 2 aromatic carbocycles. The van der Waals surface area contributed by atoms with Crippen molar-refractivity contribution in [1.82, 2.24) is 15.5 Å². The maximum Gasteiger partial charge on any atom is 0.416 e. The van der Waals surface area contributed by atoms with Gasteiger partial charge in [0.05, 0.1) is 12.0 Å². The predicted octanol–water partition coefficient (Wildman–Crippen LogP) is 3.93. The van der Waals surface area contributed by atoms with E-state index in [1.807, 2.05) is 30.3 Å². The number of amides is 1. The van der Waals surface area contributed by atoms with Gasteiger partial charge in [-0.2, -0.15) is 13.2 Å². The number of carbonyl (C=O) groups is 1. The van der Waals surface area contributed by atoms with Crippen LogP contribution in [-0.2, 0) is 30.4 Å². The fourth-order valence-corrected chi connectivity index (χ4v) is 2.60. The molecule has 146 valence electrons. The molecule has 0 aliphatic rings. The Labute approximate surface area is 159 Å². The lowest BCUT2D eigenvalue weighted by Crippen LogP contribution is -2.22. The summed E-state index contributed by atoms with van der Waals surface area (Å²) in [5, 5.41) is 10.5. The molecule has 28 heavy (non-hydrogen) atoms. The molecule has 0 unspecified atom stereocenters. The van der Waals surface area contributed by atoms with Gasteiger partial charge in [-0.1, -0.05) is 48.5 Å². The Morgan fingerprint density at radius 2 is 1.68 bits per heavy atom. The van der Waals surface area contributed by atoms with Crippen molar-refractivity contribution in [3.8, 4) is 0 Å². The van der Waals surface area contributed by atoms with Gasteiger partial charge in [-0.05, 0) is 17.2 Å². The van der Waals surface area contributed by atoms with Crippen LogP contribution in [0.3, 0.4) is 0 Å². The monoisotopic (exact) mass is 389 g/mol. The minimum absolute atomic E-state index is 0.0944. The summed E-state index contributed by atoms with van der Waals surface area (Å²) in [7, 11) is 0. The van der Waals surface area contributed by atoms with Gasteiger partial charge < -0.3 is 9.73 Å². The molecule has 0 aliphatic heterocycles. The fraction of sp³-hybridized carbons (Fsp3) is 0.250. The predicted molar refractivity (Wildman–Crippen MR) is 95.2 cm³/mol. The zero-order valence-corrected chi connectivity index (χ0v) is 14.9. The molecule has 0 bridgehead atoms. The number of alkyl halides is 3. The maximum atomic E-state index is 12.8. The highest BCUT2D eigenvalue weighted by Crippen LogP contribution is 2.29. The number of halogens is 3. The molecule has 0 aliphatic carbocycles. The van der Waals surface area contributed by atoms with Crippen LogP contribution >= 0.6 is 0 Å². The first-order chi connectivity index (χ1) is 13.4. The van der Waals surface area contributed by atoms with Crippen LogP contribution in [0.5, 0.6) is 0 Å². The molecule has 3 aromatic rings. The average Bonchev–Trinajstić information content (AvgIpc) is 3.12. The van der Waals surface area contributed by atoms with Gasteiger partial charge in [0.1, 0.15) is 0 Å². The van der Waals surface area contributed by atoms with Crippen molar-refractivity contribution in [2.75, 3.05) is 0 Å². The molecule has 3 rings (SSSR count). The third kappa shape index (κ3) is 5.67. The molecule has 1 N–H and O–H groups in total. The van der Waals surface area contributed by atoms with Gasteiger partial charge in [0.25, 0.3) is 0 Å². The Balaban J connectivity index is 1.50. The lowest BCUT2D eigenvalue weighted by atomic mass is 10.1. The molecule has 0 saturated heterocycles. The van der Waals surface area contributed by atoms with E-state index in [1.54, 1.807) is 6.07 Å². The Kier molecular flexibility index (Phi) is 6.08. The van der Waals surface area contributed by atoms with E-state index in [-0.39, 0.29) is 37.0 Å². The van der Waals surface area contributed by atoms with E-state index in [0.717, 1.165) is 17.7 Å². The highest BCUT2D eigenvalue weighted by Gasteiger charge is 2.30. The van der Waals surface area contributed by atoms with Crippen LogP contribution in [0.2, 0.25) is 0 Å². The number of carbonyl (C=O) groups excluding carboxylic acids is 1. The standard InChI is InChI=1S/C20H18F3N3O2/c21-20(22,23)16-8-4-7-15(11-16)12-19-26-25-18(28-19)10-9-17(27)24-13-14-5-2-1-3-6-14/h1-8,11H,9-10,12-13H2,(H,24,27).